The number of rotatable bonds is 3. The zero-order valence-corrected chi connectivity index (χ0v) is 14.3. The predicted molar refractivity (Wildman–Crippen MR) is 93.8 cm³/mol. The van der Waals surface area contributed by atoms with Gasteiger partial charge < -0.3 is 10.2 Å². The van der Waals surface area contributed by atoms with Crippen LogP contribution in [0.2, 0.25) is 0 Å². The summed E-state index contributed by atoms with van der Waals surface area (Å²) in [6.07, 6.45) is 13.4. The zero-order valence-electron chi connectivity index (χ0n) is 14.3. The van der Waals surface area contributed by atoms with Gasteiger partial charge in [-0.25, -0.2) is 0 Å². The first-order chi connectivity index (χ1) is 11.2. The van der Waals surface area contributed by atoms with E-state index in [2.05, 4.69) is 22.1 Å². The van der Waals surface area contributed by atoms with E-state index < -0.39 is 0 Å². The Kier molecular flexibility index (Phi) is 5.52. The van der Waals surface area contributed by atoms with Crippen LogP contribution in [0.25, 0.3) is 0 Å². The van der Waals surface area contributed by atoms with Gasteiger partial charge in [0.05, 0.1) is 17.4 Å². The number of aromatic nitrogens is 1. The van der Waals surface area contributed by atoms with Crippen molar-refractivity contribution in [2.24, 2.45) is 5.92 Å². The molecule has 1 aliphatic carbocycles. The van der Waals surface area contributed by atoms with Crippen molar-refractivity contribution in [3.05, 3.63) is 24.0 Å². The lowest BCUT2D eigenvalue weighted by Crippen LogP contribution is -2.36. The Morgan fingerprint density at radius 3 is 2.65 bits per heavy atom. The number of nitrogens with one attached hydrogen (secondary N) is 1. The van der Waals surface area contributed by atoms with E-state index in [1.165, 1.54) is 38.5 Å². The molecule has 126 valence electrons. The third kappa shape index (κ3) is 4.46. The monoisotopic (exact) mass is 315 g/mol. The van der Waals surface area contributed by atoms with E-state index in [-0.39, 0.29) is 5.91 Å². The van der Waals surface area contributed by atoms with Crippen molar-refractivity contribution in [1.29, 1.82) is 0 Å². The van der Waals surface area contributed by atoms with Gasteiger partial charge in [-0.1, -0.05) is 32.6 Å². The van der Waals surface area contributed by atoms with Gasteiger partial charge in [-0.3, -0.25) is 9.78 Å². The Morgan fingerprint density at radius 2 is 1.91 bits per heavy atom. The molecule has 1 amide bonds. The van der Waals surface area contributed by atoms with Crippen LogP contribution < -0.4 is 10.2 Å². The number of amides is 1. The lowest BCUT2D eigenvalue weighted by atomic mass is 10.00. The molecule has 0 aromatic carbocycles. The largest absolute Gasteiger partial charge is 0.370 e. The summed E-state index contributed by atoms with van der Waals surface area (Å²) in [5.74, 6) is 0.753. The van der Waals surface area contributed by atoms with Gasteiger partial charge in [-0.15, -0.1) is 0 Å². The second kappa shape index (κ2) is 7.80. The highest BCUT2D eigenvalue weighted by Gasteiger charge is 2.19. The third-order valence-electron chi connectivity index (χ3n) is 5.20. The van der Waals surface area contributed by atoms with Gasteiger partial charge in [0.25, 0.3) is 5.91 Å². The molecule has 1 atom stereocenters. The SMILES string of the molecule is CC1CCCN(c2cncc(C(=O)NC3CCCCCC3)c2)C1. The molecular weight excluding hydrogens is 286 g/mol. The van der Waals surface area contributed by atoms with E-state index in [0.29, 0.717) is 17.5 Å². The molecule has 1 aromatic heterocycles. The Morgan fingerprint density at radius 1 is 1.13 bits per heavy atom. The van der Waals surface area contributed by atoms with Gasteiger partial charge in [0, 0.05) is 25.3 Å². The first-order valence-corrected chi connectivity index (χ1v) is 9.23. The lowest BCUT2D eigenvalue weighted by molar-refractivity contribution is 0.0933. The fourth-order valence-corrected chi connectivity index (χ4v) is 3.84. The lowest BCUT2D eigenvalue weighted by Gasteiger charge is -2.32. The quantitative estimate of drug-likeness (QED) is 0.864. The minimum Gasteiger partial charge on any atom is -0.370 e. The molecule has 2 heterocycles. The van der Waals surface area contributed by atoms with Crippen LogP contribution in [0, 0.1) is 5.92 Å². The third-order valence-corrected chi connectivity index (χ3v) is 5.20. The molecule has 1 N–H and O–H groups in total. The summed E-state index contributed by atoms with van der Waals surface area (Å²) in [4.78, 5) is 19.2. The Bertz CT molecular complexity index is 523. The second-order valence-corrected chi connectivity index (χ2v) is 7.29. The molecule has 1 aromatic rings. The number of carbonyl (C=O) groups excluding carboxylic acids is 1. The predicted octanol–water partition coefficient (Wildman–Crippen LogP) is 3.77. The number of hydrogen-bond acceptors (Lipinski definition) is 3. The molecule has 3 rings (SSSR count). The number of pyridine rings is 1. The number of hydrogen-bond donors (Lipinski definition) is 1. The molecule has 0 spiro atoms. The maximum Gasteiger partial charge on any atom is 0.253 e. The van der Waals surface area contributed by atoms with E-state index in [1.54, 1.807) is 6.20 Å². The summed E-state index contributed by atoms with van der Waals surface area (Å²) in [6.45, 7) is 4.43. The summed E-state index contributed by atoms with van der Waals surface area (Å²) in [6, 6.07) is 2.35. The van der Waals surface area contributed by atoms with E-state index in [0.717, 1.165) is 31.6 Å². The molecular formula is C19H29N3O. The summed E-state index contributed by atoms with van der Waals surface area (Å²) in [7, 11) is 0. The van der Waals surface area contributed by atoms with Gasteiger partial charge in [0.15, 0.2) is 0 Å². The first kappa shape index (κ1) is 16.3. The van der Waals surface area contributed by atoms with Crippen molar-refractivity contribution in [2.45, 2.75) is 64.3 Å². The number of anilines is 1. The van der Waals surface area contributed by atoms with Crippen molar-refractivity contribution in [3.8, 4) is 0 Å². The molecule has 4 nitrogen and oxygen atoms in total. The summed E-state index contributed by atoms with van der Waals surface area (Å²) >= 11 is 0. The number of carbonyl (C=O) groups is 1. The summed E-state index contributed by atoms with van der Waals surface area (Å²) < 4.78 is 0. The molecule has 1 saturated heterocycles. The minimum atomic E-state index is 0.0382. The van der Waals surface area contributed by atoms with Crippen molar-refractivity contribution in [3.63, 3.8) is 0 Å². The van der Waals surface area contributed by atoms with Crippen LogP contribution in [0.5, 0.6) is 0 Å². The Hall–Kier alpha value is -1.58. The molecule has 23 heavy (non-hydrogen) atoms. The molecule has 4 heteroatoms. The summed E-state index contributed by atoms with van der Waals surface area (Å²) in [5.41, 5.74) is 1.79. The van der Waals surface area contributed by atoms with Crippen LogP contribution in [0.15, 0.2) is 18.5 Å². The maximum atomic E-state index is 12.6. The van der Waals surface area contributed by atoms with Gasteiger partial charge in [-0.05, 0) is 37.7 Å². The van der Waals surface area contributed by atoms with Gasteiger partial charge in [-0.2, -0.15) is 0 Å². The minimum absolute atomic E-state index is 0.0382. The zero-order chi connectivity index (χ0) is 16.1. The van der Waals surface area contributed by atoms with Crippen molar-refractivity contribution in [2.75, 3.05) is 18.0 Å². The van der Waals surface area contributed by atoms with Crippen LogP contribution in [-0.2, 0) is 0 Å². The highest BCUT2D eigenvalue weighted by molar-refractivity contribution is 5.94. The second-order valence-electron chi connectivity index (χ2n) is 7.29. The highest BCUT2D eigenvalue weighted by Crippen LogP contribution is 2.23. The van der Waals surface area contributed by atoms with E-state index in [4.69, 9.17) is 0 Å². The molecule has 2 fully saturated rings. The fraction of sp³-hybridized carbons (Fsp3) is 0.684. The molecule has 1 unspecified atom stereocenters. The molecule has 1 aliphatic heterocycles. The molecule has 2 aliphatic rings. The van der Waals surface area contributed by atoms with Crippen LogP contribution in [-0.4, -0.2) is 30.0 Å². The van der Waals surface area contributed by atoms with E-state index in [1.807, 2.05) is 12.3 Å². The van der Waals surface area contributed by atoms with Gasteiger partial charge in [0.1, 0.15) is 0 Å². The first-order valence-electron chi connectivity index (χ1n) is 9.23. The van der Waals surface area contributed by atoms with E-state index in [9.17, 15) is 4.79 Å². The van der Waals surface area contributed by atoms with E-state index >= 15 is 0 Å². The van der Waals surface area contributed by atoms with Crippen molar-refractivity contribution in [1.82, 2.24) is 10.3 Å². The smallest absolute Gasteiger partial charge is 0.253 e. The Balaban J connectivity index is 1.65. The van der Waals surface area contributed by atoms with Crippen LogP contribution >= 0.6 is 0 Å². The van der Waals surface area contributed by atoms with Crippen molar-refractivity contribution >= 4 is 11.6 Å². The normalized spacial score (nSPS) is 23.3. The van der Waals surface area contributed by atoms with Gasteiger partial charge >= 0.3 is 0 Å². The topological polar surface area (TPSA) is 45.2 Å². The highest BCUT2D eigenvalue weighted by atomic mass is 16.1. The van der Waals surface area contributed by atoms with Crippen LogP contribution in [0.1, 0.15) is 68.6 Å². The van der Waals surface area contributed by atoms with Gasteiger partial charge in [0.2, 0.25) is 0 Å². The maximum absolute atomic E-state index is 12.6. The average molecular weight is 315 g/mol. The Labute approximate surface area is 139 Å². The summed E-state index contributed by atoms with van der Waals surface area (Å²) in [5, 5.41) is 3.22. The number of nitrogens with zero attached hydrogens (tertiary/aromatic N) is 2. The fourth-order valence-electron chi connectivity index (χ4n) is 3.84. The van der Waals surface area contributed by atoms with Crippen LogP contribution in [0.4, 0.5) is 5.69 Å². The molecule has 0 radical (unpaired) electrons. The standard InChI is InChI=1S/C19H29N3O/c1-15-7-6-10-22(14-15)18-11-16(12-20-13-18)19(23)21-17-8-4-2-3-5-9-17/h11-13,15,17H,2-10,14H2,1H3,(H,21,23). The molecule has 0 bridgehead atoms. The van der Waals surface area contributed by atoms with Crippen LogP contribution in [0.3, 0.4) is 0 Å². The average Bonchev–Trinajstić information content (AvgIpc) is 2.84. The van der Waals surface area contributed by atoms with Crippen molar-refractivity contribution < 1.29 is 4.79 Å². The molecule has 1 saturated carbocycles. The number of piperidine rings is 1.